The zero-order valence-corrected chi connectivity index (χ0v) is 10.1. The zero-order chi connectivity index (χ0) is 12.1. The third-order valence-corrected chi connectivity index (χ3v) is 2.29. The number of pyridine rings is 1. The molecule has 0 spiro atoms. The molecule has 1 heterocycles. The van der Waals surface area contributed by atoms with E-state index in [9.17, 15) is 0 Å². The van der Waals surface area contributed by atoms with Crippen LogP contribution in [0, 0.1) is 6.92 Å². The molecule has 0 amide bonds. The normalized spacial score (nSPS) is 10.0. The van der Waals surface area contributed by atoms with Crippen LogP contribution in [0.5, 0.6) is 11.6 Å². The van der Waals surface area contributed by atoms with Crippen molar-refractivity contribution < 1.29 is 4.74 Å². The van der Waals surface area contributed by atoms with Crippen LogP contribution < -0.4 is 10.1 Å². The van der Waals surface area contributed by atoms with Crippen LogP contribution in [-0.2, 0) is 0 Å². The summed E-state index contributed by atoms with van der Waals surface area (Å²) in [7, 11) is 0. The van der Waals surface area contributed by atoms with Crippen molar-refractivity contribution in [3.05, 3.63) is 48.0 Å². The van der Waals surface area contributed by atoms with Crippen molar-refractivity contribution in [3.63, 3.8) is 0 Å². The first-order valence-corrected chi connectivity index (χ1v) is 5.73. The Hall–Kier alpha value is -2.03. The van der Waals surface area contributed by atoms with Crippen LogP contribution in [0.25, 0.3) is 0 Å². The van der Waals surface area contributed by atoms with Gasteiger partial charge in [0, 0.05) is 12.6 Å². The molecule has 0 atom stereocenters. The molecule has 0 aliphatic rings. The standard InChI is InChI=1S/C14H16N2O/c1-3-15-13-8-5-9-14(16-13)17-12-7-4-6-11(2)10-12/h4-10H,3H2,1-2H3,(H,15,16). The molecular formula is C14H16N2O. The Labute approximate surface area is 101 Å². The van der Waals surface area contributed by atoms with Crippen LogP contribution in [0.1, 0.15) is 12.5 Å². The summed E-state index contributed by atoms with van der Waals surface area (Å²) in [4.78, 5) is 4.35. The molecular weight excluding hydrogens is 212 g/mol. The average Bonchev–Trinajstić information content (AvgIpc) is 2.30. The highest BCUT2D eigenvalue weighted by molar-refractivity contribution is 5.38. The topological polar surface area (TPSA) is 34.1 Å². The van der Waals surface area contributed by atoms with Crippen LogP contribution in [0.3, 0.4) is 0 Å². The van der Waals surface area contributed by atoms with Crippen LogP contribution in [-0.4, -0.2) is 11.5 Å². The van der Waals surface area contributed by atoms with E-state index >= 15 is 0 Å². The molecule has 2 rings (SSSR count). The Morgan fingerprint density at radius 1 is 1.18 bits per heavy atom. The Balaban J connectivity index is 2.15. The monoisotopic (exact) mass is 228 g/mol. The van der Waals surface area contributed by atoms with Gasteiger partial charge in [0.05, 0.1) is 0 Å². The number of hydrogen-bond donors (Lipinski definition) is 1. The lowest BCUT2D eigenvalue weighted by Gasteiger charge is -2.07. The largest absolute Gasteiger partial charge is 0.439 e. The molecule has 1 aromatic heterocycles. The number of hydrogen-bond acceptors (Lipinski definition) is 3. The van der Waals surface area contributed by atoms with Crippen LogP contribution in [0.2, 0.25) is 0 Å². The first-order valence-electron chi connectivity index (χ1n) is 5.73. The van der Waals surface area contributed by atoms with E-state index in [1.807, 2.05) is 56.3 Å². The van der Waals surface area contributed by atoms with Gasteiger partial charge in [-0.25, -0.2) is 0 Å². The number of nitrogens with zero attached hydrogens (tertiary/aromatic N) is 1. The van der Waals surface area contributed by atoms with Crippen molar-refractivity contribution in [2.75, 3.05) is 11.9 Å². The molecule has 88 valence electrons. The fourth-order valence-electron chi connectivity index (χ4n) is 1.55. The van der Waals surface area contributed by atoms with Gasteiger partial charge in [0.15, 0.2) is 0 Å². The van der Waals surface area contributed by atoms with Crippen molar-refractivity contribution in [2.24, 2.45) is 0 Å². The molecule has 1 aromatic carbocycles. The SMILES string of the molecule is CCNc1cccc(Oc2cccc(C)c2)n1. The minimum Gasteiger partial charge on any atom is -0.439 e. The van der Waals surface area contributed by atoms with Gasteiger partial charge in [0.25, 0.3) is 0 Å². The Bertz CT molecular complexity index is 497. The maximum Gasteiger partial charge on any atom is 0.221 e. The van der Waals surface area contributed by atoms with Gasteiger partial charge in [-0.3, -0.25) is 0 Å². The fourth-order valence-corrected chi connectivity index (χ4v) is 1.55. The minimum absolute atomic E-state index is 0.606. The molecule has 0 unspecified atom stereocenters. The summed E-state index contributed by atoms with van der Waals surface area (Å²) in [5.74, 6) is 2.25. The van der Waals surface area contributed by atoms with Crippen molar-refractivity contribution in [2.45, 2.75) is 13.8 Å². The van der Waals surface area contributed by atoms with Gasteiger partial charge in [-0.05, 0) is 37.6 Å². The number of aryl methyl sites for hydroxylation is 1. The maximum atomic E-state index is 5.70. The molecule has 3 nitrogen and oxygen atoms in total. The molecule has 0 fully saturated rings. The predicted molar refractivity (Wildman–Crippen MR) is 69.7 cm³/mol. The molecule has 0 radical (unpaired) electrons. The van der Waals surface area contributed by atoms with Gasteiger partial charge in [0.2, 0.25) is 5.88 Å². The summed E-state index contributed by atoms with van der Waals surface area (Å²) in [6.07, 6.45) is 0. The van der Waals surface area contributed by atoms with Crippen LogP contribution in [0.4, 0.5) is 5.82 Å². The smallest absolute Gasteiger partial charge is 0.221 e. The number of anilines is 1. The molecule has 2 aromatic rings. The zero-order valence-electron chi connectivity index (χ0n) is 10.1. The first-order chi connectivity index (χ1) is 8.28. The summed E-state index contributed by atoms with van der Waals surface area (Å²) in [5, 5.41) is 3.15. The molecule has 0 bridgehead atoms. The molecule has 17 heavy (non-hydrogen) atoms. The summed E-state index contributed by atoms with van der Waals surface area (Å²) in [5.41, 5.74) is 1.17. The lowest BCUT2D eigenvalue weighted by molar-refractivity contribution is 0.463. The van der Waals surface area contributed by atoms with Crippen molar-refractivity contribution >= 4 is 5.82 Å². The van der Waals surface area contributed by atoms with E-state index < -0.39 is 0 Å². The van der Waals surface area contributed by atoms with Gasteiger partial charge in [-0.15, -0.1) is 0 Å². The Morgan fingerprint density at radius 2 is 2.00 bits per heavy atom. The van der Waals surface area contributed by atoms with Crippen molar-refractivity contribution in [3.8, 4) is 11.6 Å². The number of nitrogens with one attached hydrogen (secondary N) is 1. The van der Waals surface area contributed by atoms with Gasteiger partial charge in [-0.1, -0.05) is 18.2 Å². The molecule has 1 N–H and O–H groups in total. The van der Waals surface area contributed by atoms with E-state index in [1.165, 1.54) is 5.56 Å². The van der Waals surface area contributed by atoms with E-state index in [2.05, 4.69) is 10.3 Å². The Morgan fingerprint density at radius 3 is 2.76 bits per heavy atom. The van der Waals surface area contributed by atoms with Crippen molar-refractivity contribution in [1.82, 2.24) is 4.98 Å². The lowest BCUT2D eigenvalue weighted by Crippen LogP contribution is -1.99. The van der Waals surface area contributed by atoms with Crippen LogP contribution >= 0.6 is 0 Å². The second-order valence-electron chi connectivity index (χ2n) is 3.81. The molecule has 3 heteroatoms. The number of rotatable bonds is 4. The van der Waals surface area contributed by atoms with Crippen LogP contribution in [0.15, 0.2) is 42.5 Å². The van der Waals surface area contributed by atoms with Gasteiger partial charge in [0.1, 0.15) is 11.6 Å². The average molecular weight is 228 g/mol. The highest BCUT2D eigenvalue weighted by Crippen LogP contribution is 2.21. The van der Waals surface area contributed by atoms with Gasteiger partial charge < -0.3 is 10.1 Å². The lowest BCUT2D eigenvalue weighted by atomic mass is 10.2. The summed E-state index contributed by atoms with van der Waals surface area (Å²) in [6, 6.07) is 13.6. The second kappa shape index (κ2) is 5.34. The van der Waals surface area contributed by atoms with E-state index in [0.717, 1.165) is 18.1 Å². The molecule has 0 aliphatic heterocycles. The van der Waals surface area contributed by atoms with Gasteiger partial charge in [-0.2, -0.15) is 4.98 Å². The number of benzene rings is 1. The molecule has 0 saturated carbocycles. The third kappa shape index (κ3) is 3.21. The highest BCUT2D eigenvalue weighted by atomic mass is 16.5. The summed E-state index contributed by atoms with van der Waals surface area (Å²) >= 11 is 0. The van der Waals surface area contributed by atoms with E-state index in [4.69, 9.17) is 4.74 Å². The maximum absolute atomic E-state index is 5.70. The number of ether oxygens (including phenoxy) is 1. The molecule has 0 saturated heterocycles. The predicted octanol–water partition coefficient (Wildman–Crippen LogP) is 3.61. The van der Waals surface area contributed by atoms with E-state index in [0.29, 0.717) is 5.88 Å². The number of aromatic nitrogens is 1. The molecule has 0 aliphatic carbocycles. The van der Waals surface area contributed by atoms with E-state index in [1.54, 1.807) is 0 Å². The quantitative estimate of drug-likeness (QED) is 0.868. The third-order valence-electron chi connectivity index (χ3n) is 2.29. The fraction of sp³-hybridized carbons (Fsp3) is 0.214. The van der Waals surface area contributed by atoms with E-state index in [-0.39, 0.29) is 0 Å². The minimum atomic E-state index is 0.606. The summed E-state index contributed by atoms with van der Waals surface area (Å²) in [6.45, 7) is 4.92. The summed E-state index contributed by atoms with van der Waals surface area (Å²) < 4.78 is 5.70. The highest BCUT2D eigenvalue weighted by Gasteiger charge is 2.00. The Kier molecular flexibility index (Phi) is 3.60. The van der Waals surface area contributed by atoms with Gasteiger partial charge >= 0.3 is 0 Å². The van der Waals surface area contributed by atoms with Crippen molar-refractivity contribution in [1.29, 1.82) is 0 Å². The first kappa shape index (κ1) is 11.5. The second-order valence-corrected chi connectivity index (χ2v) is 3.81.